The van der Waals surface area contributed by atoms with Crippen LogP contribution in [-0.2, 0) is 11.0 Å². The van der Waals surface area contributed by atoms with Gasteiger partial charge in [-0.15, -0.1) is 11.3 Å². The normalized spacial score (nSPS) is 21.1. The molecule has 0 radical (unpaired) electrons. The number of hydrogen-bond donors (Lipinski definition) is 1. The van der Waals surface area contributed by atoms with Crippen molar-refractivity contribution >= 4 is 22.4 Å². The van der Waals surface area contributed by atoms with E-state index in [-0.39, 0.29) is 11.7 Å². The number of anilines is 1. The van der Waals surface area contributed by atoms with Gasteiger partial charge in [-0.2, -0.15) is 13.2 Å². The van der Waals surface area contributed by atoms with Crippen LogP contribution in [0, 0.1) is 5.92 Å². The molecule has 1 fully saturated rings. The van der Waals surface area contributed by atoms with Gasteiger partial charge in [0.1, 0.15) is 0 Å². The number of thiazole rings is 1. The summed E-state index contributed by atoms with van der Waals surface area (Å²) in [5, 5.41) is 10.1. The zero-order valence-electron chi connectivity index (χ0n) is 9.28. The minimum absolute atomic E-state index is 0.222. The van der Waals surface area contributed by atoms with Gasteiger partial charge in [0, 0.05) is 18.5 Å². The molecule has 2 heterocycles. The maximum Gasteiger partial charge on any atom is 0.434 e. The standard InChI is InChI=1S/C10H11F3N2O2S/c11-10(12,13)7-5-18-9(14-7)15-3-1-2-6(4-15)8(16)17/h5-6H,1-4H2,(H,16,17). The molecule has 0 amide bonds. The van der Waals surface area contributed by atoms with E-state index in [0.717, 1.165) is 16.7 Å². The topological polar surface area (TPSA) is 53.4 Å². The minimum atomic E-state index is -4.45. The largest absolute Gasteiger partial charge is 0.481 e. The highest BCUT2D eigenvalue weighted by molar-refractivity contribution is 7.13. The van der Waals surface area contributed by atoms with Gasteiger partial charge in [-0.05, 0) is 12.8 Å². The van der Waals surface area contributed by atoms with Crippen LogP contribution in [0.5, 0.6) is 0 Å². The summed E-state index contributed by atoms with van der Waals surface area (Å²) in [5.74, 6) is -1.44. The predicted molar refractivity (Wildman–Crippen MR) is 59.7 cm³/mol. The average molecular weight is 280 g/mol. The molecule has 1 unspecified atom stereocenters. The van der Waals surface area contributed by atoms with Crippen LogP contribution >= 0.6 is 11.3 Å². The van der Waals surface area contributed by atoms with Crippen molar-refractivity contribution in [3.63, 3.8) is 0 Å². The van der Waals surface area contributed by atoms with E-state index >= 15 is 0 Å². The number of alkyl halides is 3. The maximum absolute atomic E-state index is 12.4. The Balaban J connectivity index is 2.12. The van der Waals surface area contributed by atoms with E-state index < -0.39 is 23.8 Å². The van der Waals surface area contributed by atoms with E-state index in [9.17, 15) is 18.0 Å². The number of carbonyl (C=O) groups is 1. The Labute approximate surface area is 105 Å². The Hall–Kier alpha value is -1.31. The monoisotopic (exact) mass is 280 g/mol. The second-order valence-electron chi connectivity index (χ2n) is 4.14. The van der Waals surface area contributed by atoms with E-state index in [1.165, 1.54) is 0 Å². The fourth-order valence-corrected chi connectivity index (χ4v) is 2.76. The van der Waals surface area contributed by atoms with Gasteiger partial charge in [-0.1, -0.05) is 0 Å². The highest BCUT2D eigenvalue weighted by Crippen LogP contribution is 2.34. The van der Waals surface area contributed by atoms with Gasteiger partial charge in [0.25, 0.3) is 0 Å². The van der Waals surface area contributed by atoms with E-state index in [2.05, 4.69) is 4.98 Å². The van der Waals surface area contributed by atoms with E-state index in [1.54, 1.807) is 4.90 Å². The fourth-order valence-electron chi connectivity index (χ4n) is 1.89. The summed E-state index contributed by atoms with van der Waals surface area (Å²) < 4.78 is 37.2. The molecule has 1 saturated heterocycles. The summed E-state index contributed by atoms with van der Waals surface area (Å²) in [4.78, 5) is 16.0. The average Bonchev–Trinajstić information content (AvgIpc) is 2.78. The highest BCUT2D eigenvalue weighted by Gasteiger charge is 2.35. The van der Waals surface area contributed by atoms with E-state index in [1.807, 2.05) is 0 Å². The number of halogens is 3. The molecule has 1 aromatic rings. The second-order valence-corrected chi connectivity index (χ2v) is 4.97. The van der Waals surface area contributed by atoms with Gasteiger partial charge in [0.15, 0.2) is 10.8 Å². The highest BCUT2D eigenvalue weighted by atomic mass is 32.1. The molecule has 8 heteroatoms. The number of rotatable bonds is 2. The van der Waals surface area contributed by atoms with Crippen molar-refractivity contribution in [3.05, 3.63) is 11.1 Å². The molecule has 2 rings (SSSR count). The molecule has 4 nitrogen and oxygen atoms in total. The van der Waals surface area contributed by atoms with E-state index in [4.69, 9.17) is 5.11 Å². The number of piperidine rings is 1. The molecule has 1 aliphatic rings. The molecule has 0 spiro atoms. The van der Waals surface area contributed by atoms with Crippen LogP contribution in [0.25, 0.3) is 0 Å². The van der Waals surface area contributed by atoms with Gasteiger partial charge in [0.2, 0.25) is 0 Å². The van der Waals surface area contributed by atoms with Crippen LogP contribution in [0.15, 0.2) is 5.38 Å². The number of aromatic nitrogens is 1. The molecule has 18 heavy (non-hydrogen) atoms. The van der Waals surface area contributed by atoms with Gasteiger partial charge in [-0.3, -0.25) is 4.79 Å². The third-order valence-electron chi connectivity index (χ3n) is 2.82. The van der Waals surface area contributed by atoms with Crippen molar-refractivity contribution < 1.29 is 23.1 Å². The molecule has 1 N–H and O–H groups in total. The predicted octanol–water partition coefficient (Wildman–Crippen LogP) is 2.46. The van der Waals surface area contributed by atoms with Gasteiger partial charge < -0.3 is 10.0 Å². The van der Waals surface area contributed by atoms with Crippen molar-refractivity contribution in [1.29, 1.82) is 0 Å². The zero-order valence-corrected chi connectivity index (χ0v) is 10.1. The van der Waals surface area contributed by atoms with Crippen molar-refractivity contribution in [1.82, 2.24) is 4.98 Å². The van der Waals surface area contributed by atoms with Crippen LogP contribution in [0.2, 0.25) is 0 Å². The summed E-state index contributed by atoms with van der Waals surface area (Å²) in [6.45, 7) is 0.773. The van der Waals surface area contributed by atoms with Crippen molar-refractivity contribution in [2.24, 2.45) is 5.92 Å². The Bertz CT molecular complexity index is 447. The zero-order chi connectivity index (χ0) is 13.3. The second kappa shape index (κ2) is 4.75. The lowest BCUT2D eigenvalue weighted by molar-refractivity contribution is -0.142. The number of nitrogens with zero attached hydrogens (tertiary/aromatic N) is 2. The summed E-state index contributed by atoms with van der Waals surface area (Å²) in [7, 11) is 0. The lowest BCUT2D eigenvalue weighted by atomic mass is 9.99. The Kier molecular flexibility index (Phi) is 3.47. The fraction of sp³-hybridized carbons (Fsp3) is 0.600. The number of hydrogen-bond acceptors (Lipinski definition) is 4. The lowest BCUT2D eigenvalue weighted by Crippen LogP contribution is -2.38. The first-order valence-electron chi connectivity index (χ1n) is 5.38. The molecule has 1 aromatic heterocycles. The van der Waals surface area contributed by atoms with Crippen LogP contribution in [0.1, 0.15) is 18.5 Å². The van der Waals surface area contributed by atoms with Crippen molar-refractivity contribution in [2.45, 2.75) is 19.0 Å². The molecular weight excluding hydrogens is 269 g/mol. The first kappa shape index (κ1) is 13.1. The molecule has 0 aromatic carbocycles. The van der Waals surface area contributed by atoms with Gasteiger partial charge in [-0.25, -0.2) is 4.98 Å². The summed E-state index contributed by atoms with van der Waals surface area (Å²) >= 11 is 0.899. The number of carboxylic acids is 1. The lowest BCUT2D eigenvalue weighted by Gasteiger charge is -2.30. The molecule has 1 atom stereocenters. The van der Waals surface area contributed by atoms with Crippen LogP contribution < -0.4 is 4.90 Å². The molecule has 0 saturated carbocycles. The third kappa shape index (κ3) is 2.74. The van der Waals surface area contributed by atoms with Crippen LogP contribution in [-0.4, -0.2) is 29.1 Å². The van der Waals surface area contributed by atoms with Gasteiger partial charge >= 0.3 is 12.1 Å². The maximum atomic E-state index is 12.4. The SMILES string of the molecule is O=C(O)C1CCCN(c2nc(C(F)(F)F)cs2)C1. The smallest absolute Gasteiger partial charge is 0.434 e. The first-order chi connectivity index (χ1) is 8.38. The molecule has 0 aliphatic carbocycles. The first-order valence-corrected chi connectivity index (χ1v) is 6.26. The summed E-state index contributed by atoms with van der Waals surface area (Å²) in [6.07, 6.45) is -3.24. The van der Waals surface area contributed by atoms with Gasteiger partial charge in [0.05, 0.1) is 5.92 Å². The number of carboxylic acid groups (broad SMARTS) is 1. The summed E-state index contributed by atoms with van der Waals surface area (Å²) in [5.41, 5.74) is -0.917. The van der Waals surface area contributed by atoms with Crippen LogP contribution in [0.3, 0.4) is 0 Å². The summed E-state index contributed by atoms with van der Waals surface area (Å²) in [6, 6.07) is 0. The molecule has 100 valence electrons. The molecular formula is C10H11F3N2O2S. The van der Waals surface area contributed by atoms with Crippen LogP contribution in [0.4, 0.5) is 18.3 Å². The minimum Gasteiger partial charge on any atom is -0.481 e. The third-order valence-corrected chi connectivity index (χ3v) is 3.73. The Morgan fingerprint density at radius 3 is 2.83 bits per heavy atom. The Morgan fingerprint density at radius 1 is 1.56 bits per heavy atom. The molecule has 1 aliphatic heterocycles. The quantitative estimate of drug-likeness (QED) is 0.904. The molecule has 0 bridgehead atoms. The number of aliphatic carboxylic acids is 1. The Morgan fingerprint density at radius 2 is 2.28 bits per heavy atom. The van der Waals surface area contributed by atoms with Crippen molar-refractivity contribution in [3.8, 4) is 0 Å². The van der Waals surface area contributed by atoms with E-state index in [0.29, 0.717) is 19.4 Å². The van der Waals surface area contributed by atoms with Crippen molar-refractivity contribution in [2.75, 3.05) is 18.0 Å².